The van der Waals surface area contributed by atoms with Crippen LogP contribution in [0.1, 0.15) is 23.2 Å². The van der Waals surface area contributed by atoms with E-state index in [4.69, 9.17) is 10.5 Å². The number of hydrogen-bond acceptors (Lipinski definition) is 3. The van der Waals surface area contributed by atoms with Crippen molar-refractivity contribution in [2.24, 2.45) is 5.73 Å². The zero-order valence-corrected chi connectivity index (χ0v) is 9.43. The Morgan fingerprint density at radius 2 is 2.00 bits per heavy atom. The average molecular weight is 238 g/mol. The fourth-order valence-corrected chi connectivity index (χ4v) is 1.98. The Morgan fingerprint density at radius 1 is 1.35 bits per heavy atom. The molecule has 1 aromatic rings. The van der Waals surface area contributed by atoms with Crippen LogP contribution in [0.25, 0.3) is 0 Å². The second kappa shape index (κ2) is 5.14. The predicted molar refractivity (Wildman–Crippen MR) is 62.4 cm³/mol. The van der Waals surface area contributed by atoms with Crippen LogP contribution in [-0.2, 0) is 4.74 Å². The van der Waals surface area contributed by atoms with Gasteiger partial charge in [-0.1, -0.05) is 16.6 Å². The van der Waals surface area contributed by atoms with Gasteiger partial charge >= 0.3 is 0 Å². The van der Waals surface area contributed by atoms with Crippen LogP contribution in [0.5, 0.6) is 0 Å². The first-order valence-corrected chi connectivity index (χ1v) is 5.61. The van der Waals surface area contributed by atoms with E-state index in [-0.39, 0.29) is 17.3 Å². The second-order valence-electron chi connectivity index (χ2n) is 4.04. The molecular weight excluding hydrogens is 223 g/mol. The Bertz CT molecular complexity index is 405. The van der Waals surface area contributed by atoms with E-state index in [0.29, 0.717) is 31.2 Å². The number of hydrogen-bond donors (Lipinski definition) is 1. The van der Waals surface area contributed by atoms with Gasteiger partial charge in [0, 0.05) is 13.2 Å². The fraction of sp³-hybridized carbons (Fsp3) is 0.417. The van der Waals surface area contributed by atoms with E-state index < -0.39 is 5.91 Å². The number of benzene rings is 1. The molecule has 1 aromatic carbocycles. The maximum absolute atomic E-state index is 14.2. The summed E-state index contributed by atoms with van der Waals surface area (Å²) in [7, 11) is 0. The van der Waals surface area contributed by atoms with Gasteiger partial charge in [0.1, 0.15) is 0 Å². The second-order valence-corrected chi connectivity index (χ2v) is 4.04. The number of para-hydroxylation sites is 1. The van der Waals surface area contributed by atoms with Crippen molar-refractivity contribution < 1.29 is 14.0 Å². The van der Waals surface area contributed by atoms with Gasteiger partial charge in [-0.05, 0) is 25.0 Å². The topological polar surface area (TPSA) is 55.6 Å². The molecule has 0 atom stereocenters. The third-order valence-corrected chi connectivity index (χ3v) is 2.91. The van der Waals surface area contributed by atoms with Crippen LogP contribution < -0.4 is 10.9 Å². The van der Waals surface area contributed by atoms with Crippen molar-refractivity contribution >= 4 is 11.6 Å². The number of rotatable bonds is 3. The maximum Gasteiger partial charge on any atom is 0.250 e. The molecule has 0 aliphatic carbocycles. The molecule has 2 rings (SSSR count). The SMILES string of the molecule is NC(=O)c1ccccc1N(F)C1CCOCC1. The third kappa shape index (κ3) is 2.55. The van der Waals surface area contributed by atoms with Gasteiger partial charge in [-0.2, -0.15) is 0 Å². The summed E-state index contributed by atoms with van der Waals surface area (Å²) in [4.78, 5) is 11.2. The normalized spacial score (nSPS) is 16.8. The molecule has 2 N–H and O–H groups in total. The van der Waals surface area contributed by atoms with E-state index in [9.17, 15) is 9.28 Å². The molecule has 5 heteroatoms. The molecule has 1 saturated heterocycles. The molecule has 1 heterocycles. The Hall–Kier alpha value is -1.62. The quantitative estimate of drug-likeness (QED) is 0.815. The van der Waals surface area contributed by atoms with Crippen LogP contribution >= 0.6 is 0 Å². The Kier molecular flexibility index (Phi) is 3.58. The van der Waals surface area contributed by atoms with Gasteiger partial charge < -0.3 is 10.5 Å². The Balaban J connectivity index is 2.23. The van der Waals surface area contributed by atoms with Crippen LogP contribution in [-0.4, -0.2) is 25.2 Å². The minimum absolute atomic E-state index is 0.210. The summed E-state index contributed by atoms with van der Waals surface area (Å²) in [5, 5.41) is 0.641. The monoisotopic (exact) mass is 238 g/mol. The smallest absolute Gasteiger partial charge is 0.250 e. The molecule has 0 unspecified atom stereocenters. The van der Waals surface area contributed by atoms with Crippen molar-refractivity contribution in [1.29, 1.82) is 0 Å². The number of primary amides is 1. The molecule has 17 heavy (non-hydrogen) atoms. The van der Waals surface area contributed by atoms with Crippen molar-refractivity contribution in [2.75, 3.05) is 18.3 Å². The van der Waals surface area contributed by atoms with Gasteiger partial charge in [0.15, 0.2) is 0 Å². The maximum atomic E-state index is 14.2. The summed E-state index contributed by atoms with van der Waals surface area (Å²) < 4.78 is 19.4. The zero-order valence-electron chi connectivity index (χ0n) is 9.43. The predicted octanol–water partition coefficient (Wildman–Crippen LogP) is 1.66. The fourth-order valence-electron chi connectivity index (χ4n) is 1.98. The summed E-state index contributed by atoms with van der Waals surface area (Å²) in [5.41, 5.74) is 5.68. The van der Waals surface area contributed by atoms with E-state index >= 15 is 0 Å². The highest BCUT2D eigenvalue weighted by atomic mass is 19.2. The first-order valence-electron chi connectivity index (χ1n) is 5.61. The van der Waals surface area contributed by atoms with Crippen LogP contribution in [0.15, 0.2) is 24.3 Å². The van der Waals surface area contributed by atoms with Gasteiger partial charge in [0.2, 0.25) is 0 Å². The molecule has 1 fully saturated rings. The van der Waals surface area contributed by atoms with E-state index in [1.807, 2.05) is 0 Å². The molecule has 0 bridgehead atoms. The lowest BCUT2D eigenvalue weighted by Gasteiger charge is -2.29. The highest BCUT2D eigenvalue weighted by molar-refractivity contribution is 5.98. The average Bonchev–Trinajstić information content (AvgIpc) is 2.39. The van der Waals surface area contributed by atoms with Crippen molar-refractivity contribution in [1.82, 2.24) is 0 Å². The minimum Gasteiger partial charge on any atom is -0.381 e. The number of amides is 1. The van der Waals surface area contributed by atoms with Gasteiger partial charge in [-0.3, -0.25) is 4.79 Å². The van der Waals surface area contributed by atoms with E-state index in [0.717, 1.165) is 0 Å². The first kappa shape index (κ1) is 11.9. The number of anilines is 1. The summed E-state index contributed by atoms with van der Waals surface area (Å²) in [6.45, 7) is 1.09. The van der Waals surface area contributed by atoms with Crippen LogP contribution in [0, 0.1) is 0 Å². The molecule has 92 valence electrons. The number of ether oxygens (including phenoxy) is 1. The lowest BCUT2D eigenvalue weighted by atomic mass is 10.1. The van der Waals surface area contributed by atoms with E-state index in [2.05, 4.69) is 0 Å². The summed E-state index contributed by atoms with van der Waals surface area (Å²) >= 11 is 0. The summed E-state index contributed by atoms with van der Waals surface area (Å²) in [6, 6.07) is 6.21. The molecule has 0 radical (unpaired) electrons. The van der Waals surface area contributed by atoms with E-state index in [1.54, 1.807) is 18.2 Å². The van der Waals surface area contributed by atoms with E-state index in [1.165, 1.54) is 6.07 Å². The lowest BCUT2D eigenvalue weighted by Crippen LogP contribution is -2.35. The van der Waals surface area contributed by atoms with Gasteiger partial charge in [-0.25, -0.2) is 5.12 Å². The first-order chi connectivity index (χ1) is 8.20. The van der Waals surface area contributed by atoms with Gasteiger partial charge in [0.05, 0.1) is 17.3 Å². The van der Waals surface area contributed by atoms with Crippen molar-refractivity contribution in [2.45, 2.75) is 18.9 Å². The number of carbonyl (C=O) groups excluding carboxylic acids is 1. The molecule has 0 aromatic heterocycles. The standard InChI is InChI=1S/C12H15FN2O2/c13-15(9-5-7-17-8-6-9)11-4-2-1-3-10(11)12(14)16/h1-4,9H,5-8H2,(H2,14,16). The number of halogens is 1. The highest BCUT2D eigenvalue weighted by Crippen LogP contribution is 2.26. The highest BCUT2D eigenvalue weighted by Gasteiger charge is 2.24. The molecule has 1 aliphatic rings. The number of carbonyl (C=O) groups is 1. The van der Waals surface area contributed by atoms with Crippen LogP contribution in [0.3, 0.4) is 0 Å². The van der Waals surface area contributed by atoms with Gasteiger partial charge in [-0.15, -0.1) is 0 Å². The lowest BCUT2D eigenvalue weighted by molar-refractivity contribution is 0.0742. The third-order valence-electron chi connectivity index (χ3n) is 2.91. The number of nitrogens with zero attached hydrogens (tertiary/aromatic N) is 1. The van der Waals surface area contributed by atoms with Crippen LogP contribution in [0.2, 0.25) is 0 Å². The minimum atomic E-state index is -0.615. The Morgan fingerprint density at radius 3 is 2.65 bits per heavy atom. The Labute approximate surface area is 99.1 Å². The molecule has 1 amide bonds. The van der Waals surface area contributed by atoms with Gasteiger partial charge in [0.25, 0.3) is 5.91 Å². The van der Waals surface area contributed by atoms with Crippen molar-refractivity contribution in [3.63, 3.8) is 0 Å². The summed E-state index contributed by atoms with van der Waals surface area (Å²) in [6.07, 6.45) is 1.23. The van der Waals surface area contributed by atoms with Crippen LogP contribution in [0.4, 0.5) is 10.2 Å². The number of nitrogens with two attached hydrogens (primary N) is 1. The molecule has 1 aliphatic heterocycles. The molecular formula is C12H15FN2O2. The zero-order chi connectivity index (χ0) is 12.3. The van der Waals surface area contributed by atoms with Crippen molar-refractivity contribution in [3.05, 3.63) is 29.8 Å². The summed E-state index contributed by atoms with van der Waals surface area (Å²) in [5.74, 6) is -0.615. The molecule has 0 spiro atoms. The van der Waals surface area contributed by atoms with Crippen molar-refractivity contribution in [3.8, 4) is 0 Å². The molecule has 0 saturated carbocycles. The largest absolute Gasteiger partial charge is 0.381 e. The molecule has 4 nitrogen and oxygen atoms in total.